The van der Waals surface area contributed by atoms with Crippen LogP contribution in [0.2, 0.25) is 0 Å². The van der Waals surface area contributed by atoms with Gasteiger partial charge in [0.15, 0.2) is 0 Å². The predicted octanol–water partition coefficient (Wildman–Crippen LogP) is 3.87. The molecular formula is C24H25FN4O3. The summed E-state index contributed by atoms with van der Waals surface area (Å²) < 4.78 is 25.4. The molecule has 166 valence electrons. The molecule has 1 fully saturated rings. The molecule has 0 unspecified atom stereocenters. The normalized spacial score (nSPS) is 15.4. The average Bonchev–Trinajstić information content (AvgIpc) is 3.39. The minimum Gasteiger partial charge on any atom is -0.383 e. The fourth-order valence-corrected chi connectivity index (χ4v) is 3.60. The van der Waals surface area contributed by atoms with Crippen LogP contribution in [0, 0.1) is 5.82 Å². The lowest BCUT2D eigenvalue weighted by atomic mass is 9.81. The third-order valence-electron chi connectivity index (χ3n) is 5.58. The number of hydrogen-bond acceptors (Lipinski definition) is 5. The minimum absolute atomic E-state index is 0.145. The van der Waals surface area contributed by atoms with Gasteiger partial charge in [-0.15, -0.1) is 0 Å². The Kier molecular flexibility index (Phi) is 6.05. The van der Waals surface area contributed by atoms with E-state index in [1.807, 2.05) is 50.2 Å². The summed E-state index contributed by atoms with van der Waals surface area (Å²) in [6.45, 7) is 5.09. The fourth-order valence-electron chi connectivity index (χ4n) is 3.60. The van der Waals surface area contributed by atoms with Crippen molar-refractivity contribution in [2.24, 2.45) is 4.99 Å². The number of halogens is 1. The van der Waals surface area contributed by atoms with Gasteiger partial charge in [0.1, 0.15) is 12.4 Å². The Bertz CT molecular complexity index is 1140. The highest BCUT2D eigenvalue weighted by atomic mass is 19.1. The third-order valence-corrected chi connectivity index (χ3v) is 5.58. The average molecular weight is 436 g/mol. The molecule has 0 aliphatic carbocycles. The van der Waals surface area contributed by atoms with Gasteiger partial charge in [0.2, 0.25) is 11.9 Å². The summed E-state index contributed by atoms with van der Waals surface area (Å²) in [5.41, 5.74) is 2.12. The van der Waals surface area contributed by atoms with Crippen LogP contribution in [0.15, 0.2) is 64.1 Å². The largest absolute Gasteiger partial charge is 0.383 e. The highest BCUT2D eigenvalue weighted by Crippen LogP contribution is 2.35. The van der Waals surface area contributed by atoms with Gasteiger partial charge in [0.05, 0.1) is 12.3 Å². The number of carbonyl (C=O) groups excluding carboxylic acids is 1. The van der Waals surface area contributed by atoms with Crippen LogP contribution in [0.3, 0.4) is 0 Å². The second kappa shape index (κ2) is 8.92. The number of amides is 1. The van der Waals surface area contributed by atoms with Gasteiger partial charge >= 0.3 is 0 Å². The van der Waals surface area contributed by atoms with E-state index in [0.717, 1.165) is 11.1 Å². The molecule has 3 aromatic rings. The lowest BCUT2D eigenvalue weighted by Gasteiger charge is -2.23. The summed E-state index contributed by atoms with van der Waals surface area (Å²) in [5.74, 6) is 0.210. The molecule has 0 saturated carbocycles. The number of methoxy groups -OCH3 is 1. The maximum Gasteiger partial charge on any atom is 0.253 e. The number of carbonyl (C=O) groups is 1. The molecule has 0 radical (unpaired) electrons. The quantitative estimate of drug-likeness (QED) is 0.608. The summed E-state index contributed by atoms with van der Waals surface area (Å²) in [7, 11) is 1.60. The summed E-state index contributed by atoms with van der Waals surface area (Å²) in [6.07, 6.45) is 0. The van der Waals surface area contributed by atoms with Gasteiger partial charge in [-0.3, -0.25) is 10.1 Å². The standard InChI is InChI=1S/C24H25FN4O3/c1-24(2,17-9-10-18(19(25)13-17)16-7-5-4-6-8-16)20-14-22(32-28-20)27-23-26-21(30)15-29(23)11-12-31-3/h4-10,13-14H,11-12,15H2,1-3H3,(H,26,27,30). The Morgan fingerprint density at radius 3 is 2.72 bits per heavy atom. The summed E-state index contributed by atoms with van der Waals surface area (Å²) in [6, 6.07) is 16.3. The van der Waals surface area contributed by atoms with Crippen molar-refractivity contribution >= 4 is 17.8 Å². The van der Waals surface area contributed by atoms with E-state index in [9.17, 15) is 9.18 Å². The molecule has 1 saturated heterocycles. The molecule has 2 aromatic carbocycles. The van der Waals surface area contributed by atoms with Crippen LogP contribution in [-0.4, -0.2) is 48.7 Å². The summed E-state index contributed by atoms with van der Waals surface area (Å²) in [4.78, 5) is 17.9. The zero-order valence-corrected chi connectivity index (χ0v) is 18.3. The van der Waals surface area contributed by atoms with Crippen LogP contribution in [0.4, 0.5) is 10.3 Å². The van der Waals surface area contributed by atoms with Crippen molar-refractivity contribution in [2.45, 2.75) is 19.3 Å². The molecular weight excluding hydrogens is 411 g/mol. The molecule has 7 nitrogen and oxygen atoms in total. The van der Waals surface area contributed by atoms with E-state index in [4.69, 9.17) is 9.26 Å². The van der Waals surface area contributed by atoms with Gasteiger partial charge < -0.3 is 14.2 Å². The van der Waals surface area contributed by atoms with Crippen molar-refractivity contribution < 1.29 is 18.4 Å². The number of ether oxygens (including phenoxy) is 1. The number of benzene rings is 2. The lowest BCUT2D eigenvalue weighted by molar-refractivity contribution is -0.118. The number of guanidine groups is 1. The van der Waals surface area contributed by atoms with Gasteiger partial charge in [-0.05, 0) is 17.2 Å². The smallest absolute Gasteiger partial charge is 0.253 e. The van der Waals surface area contributed by atoms with E-state index >= 15 is 0 Å². The van der Waals surface area contributed by atoms with Crippen molar-refractivity contribution in [1.29, 1.82) is 0 Å². The van der Waals surface area contributed by atoms with Gasteiger partial charge in [-0.2, -0.15) is 4.99 Å². The van der Waals surface area contributed by atoms with E-state index in [1.165, 1.54) is 6.07 Å². The maximum atomic E-state index is 14.9. The van der Waals surface area contributed by atoms with Crippen LogP contribution in [0.5, 0.6) is 0 Å². The number of nitrogens with one attached hydrogen (secondary N) is 1. The first-order valence-electron chi connectivity index (χ1n) is 10.3. The SMILES string of the molecule is COCCN1CC(=O)N/C1=N\c1cc(C(C)(C)c2ccc(-c3ccccc3)c(F)c2)no1. The molecule has 1 amide bonds. The third kappa shape index (κ3) is 4.40. The second-order valence-corrected chi connectivity index (χ2v) is 8.13. The van der Waals surface area contributed by atoms with E-state index < -0.39 is 5.41 Å². The zero-order valence-electron chi connectivity index (χ0n) is 18.3. The first kappa shape index (κ1) is 21.7. The zero-order chi connectivity index (χ0) is 22.7. The monoisotopic (exact) mass is 436 g/mol. The van der Waals surface area contributed by atoms with Gasteiger partial charge in [0, 0.05) is 30.7 Å². The highest BCUT2D eigenvalue weighted by molar-refractivity contribution is 6.04. The number of aromatic nitrogens is 1. The van der Waals surface area contributed by atoms with Gasteiger partial charge in [-0.25, -0.2) is 4.39 Å². The number of hydrogen-bond donors (Lipinski definition) is 1. The molecule has 0 spiro atoms. The summed E-state index contributed by atoms with van der Waals surface area (Å²) >= 11 is 0. The molecule has 2 heterocycles. The van der Waals surface area contributed by atoms with E-state index in [-0.39, 0.29) is 24.2 Å². The number of nitrogens with zero attached hydrogens (tertiary/aromatic N) is 3. The molecule has 1 N–H and O–H groups in total. The van der Waals surface area contributed by atoms with Crippen LogP contribution in [0.1, 0.15) is 25.1 Å². The molecule has 1 aliphatic rings. The van der Waals surface area contributed by atoms with E-state index in [2.05, 4.69) is 15.5 Å². The molecule has 1 aromatic heterocycles. The molecule has 0 bridgehead atoms. The number of aliphatic imine (C=N–C) groups is 1. The summed E-state index contributed by atoms with van der Waals surface area (Å²) in [5, 5.41) is 6.88. The Morgan fingerprint density at radius 2 is 2.00 bits per heavy atom. The topological polar surface area (TPSA) is 80.0 Å². The predicted molar refractivity (Wildman–Crippen MR) is 119 cm³/mol. The van der Waals surface area contributed by atoms with Crippen LogP contribution in [0.25, 0.3) is 11.1 Å². The van der Waals surface area contributed by atoms with Crippen molar-refractivity contribution in [2.75, 3.05) is 26.8 Å². The van der Waals surface area contributed by atoms with Gasteiger partial charge in [-0.1, -0.05) is 61.5 Å². The second-order valence-electron chi connectivity index (χ2n) is 8.13. The Morgan fingerprint density at radius 1 is 1.22 bits per heavy atom. The van der Waals surface area contributed by atoms with Crippen molar-refractivity contribution in [3.05, 3.63) is 71.7 Å². The number of rotatable bonds is 7. The van der Waals surface area contributed by atoms with Crippen molar-refractivity contribution in [3.8, 4) is 11.1 Å². The first-order chi connectivity index (χ1) is 15.4. The van der Waals surface area contributed by atoms with Crippen LogP contribution >= 0.6 is 0 Å². The molecule has 8 heteroatoms. The van der Waals surface area contributed by atoms with Crippen molar-refractivity contribution in [1.82, 2.24) is 15.4 Å². The molecule has 4 rings (SSSR count). The lowest BCUT2D eigenvalue weighted by Crippen LogP contribution is -2.32. The van der Waals surface area contributed by atoms with E-state index in [0.29, 0.717) is 30.4 Å². The molecule has 1 aliphatic heterocycles. The highest BCUT2D eigenvalue weighted by Gasteiger charge is 2.29. The van der Waals surface area contributed by atoms with Crippen molar-refractivity contribution in [3.63, 3.8) is 0 Å². The Hall–Kier alpha value is -3.52. The minimum atomic E-state index is -0.618. The van der Waals surface area contributed by atoms with Crippen LogP contribution in [-0.2, 0) is 14.9 Å². The Labute approximate surface area is 185 Å². The first-order valence-corrected chi connectivity index (χ1v) is 10.3. The molecule has 32 heavy (non-hydrogen) atoms. The van der Waals surface area contributed by atoms with Gasteiger partial charge in [0.25, 0.3) is 5.88 Å². The van der Waals surface area contributed by atoms with Crippen LogP contribution < -0.4 is 5.32 Å². The van der Waals surface area contributed by atoms with E-state index in [1.54, 1.807) is 24.1 Å². The molecule has 0 atom stereocenters. The maximum absolute atomic E-state index is 14.9. The fraction of sp³-hybridized carbons (Fsp3) is 0.292. The Balaban J connectivity index is 1.58.